The number of benzene rings is 1. The van der Waals surface area contributed by atoms with Crippen molar-refractivity contribution >= 4 is 34.4 Å². The molecule has 108 valence electrons. The van der Waals surface area contributed by atoms with Crippen molar-refractivity contribution in [2.75, 3.05) is 5.32 Å². The van der Waals surface area contributed by atoms with E-state index in [0.29, 0.717) is 27.4 Å². The lowest BCUT2D eigenvalue weighted by Crippen LogP contribution is -2.19. The number of fused-ring (bicyclic) bond motifs is 1. The standard InChI is InChI=1S/C15H10N4O2S/c1-8-7-22-15(18-8)9(5-16)6-17-10-2-3-11-12(4-10)14(21)19-13(11)20/h2-4,6-7,17H,1H3,(H,19,20,21)/b9-6+. The summed E-state index contributed by atoms with van der Waals surface area (Å²) in [5.41, 5.74) is 2.56. The molecule has 1 aliphatic heterocycles. The van der Waals surface area contributed by atoms with Crippen LogP contribution in [0.4, 0.5) is 5.69 Å². The smallest absolute Gasteiger partial charge is 0.259 e. The van der Waals surface area contributed by atoms with E-state index in [1.54, 1.807) is 18.2 Å². The SMILES string of the molecule is Cc1csc(/C(C#N)=C/Nc2ccc3c(c2)C(=O)NC3=O)n1. The van der Waals surface area contributed by atoms with Gasteiger partial charge in [0.05, 0.1) is 11.1 Å². The van der Waals surface area contributed by atoms with E-state index >= 15 is 0 Å². The number of rotatable bonds is 3. The summed E-state index contributed by atoms with van der Waals surface area (Å²) in [5, 5.41) is 16.9. The molecule has 0 bridgehead atoms. The first kappa shape index (κ1) is 14.0. The normalized spacial score (nSPS) is 13.5. The zero-order valence-corrected chi connectivity index (χ0v) is 12.3. The van der Waals surface area contributed by atoms with Crippen molar-refractivity contribution < 1.29 is 9.59 Å². The molecule has 0 fully saturated rings. The maximum Gasteiger partial charge on any atom is 0.259 e. The minimum absolute atomic E-state index is 0.326. The van der Waals surface area contributed by atoms with Gasteiger partial charge in [-0.1, -0.05) is 0 Å². The van der Waals surface area contributed by atoms with Crippen LogP contribution >= 0.6 is 11.3 Å². The second-order valence-corrected chi connectivity index (χ2v) is 5.51. The fraction of sp³-hybridized carbons (Fsp3) is 0.0667. The van der Waals surface area contributed by atoms with Crippen LogP contribution in [0.3, 0.4) is 0 Å². The van der Waals surface area contributed by atoms with Crippen LogP contribution in [0.25, 0.3) is 5.57 Å². The average molecular weight is 310 g/mol. The molecule has 7 heteroatoms. The second kappa shape index (κ2) is 5.42. The number of nitrogens with zero attached hydrogens (tertiary/aromatic N) is 2. The molecule has 1 aromatic heterocycles. The number of thiazole rings is 1. The molecule has 22 heavy (non-hydrogen) atoms. The van der Waals surface area contributed by atoms with Gasteiger partial charge in [-0.3, -0.25) is 14.9 Å². The van der Waals surface area contributed by atoms with E-state index in [9.17, 15) is 14.9 Å². The summed E-state index contributed by atoms with van der Waals surface area (Å²) in [7, 11) is 0. The number of aromatic nitrogens is 1. The second-order valence-electron chi connectivity index (χ2n) is 4.65. The molecule has 2 aromatic rings. The summed E-state index contributed by atoms with van der Waals surface area (Å²) in [4.78, 5) is 27.3. The highest BCUT2D eigenvalue weighted by Crippen LogP contribution is 2.22. The molecular formula is C15H10N4O2S. The highest BCUT2D eigenvalue weighted by molar-refractivity contribution is 7.10. The van der Waals surface area contributed by atoms with Crippen LogP contribution in [0.5, 0.6) is 0 Å². The monoisotopic (exact) mass is 310 g/mol. The van der Waals surface area contributed by atoms with Gasteiger partial charge in [-0.25, -0.2) is 4.98 Å². The number of nitrogens with one attached hydrogen (secondary N) is 2. The average Bonchev–Trinajstić information content (AvgIpc) is 3.05. The topological polar surface area (TPSA) is 94.9 Å². The zero-order chi connectivity index (χ0) is 15.7. The first-order valence-corrected chi connectivity index (χ1v) is 7.25. The molecule has 0 aliphatic carbocycles. The Balaban J connectivity index is 1.86. The van der Waals surface area contributed by atoms with E-state index in [1.807, 2.05) is 12.3 Å². The van der Waals surface area contributed by atoms with Gasteiger partial charge in [0.2, 0.25) is 0 Å². The highest BCUT2D eigenvalue weighted by Gasteiger charge is 2.26. The van der Waals surface area contributed by atoms with Gasteiger partial charge in [0.25, 0.3) is 11.8 Å². The number of nitriles is 1. The van der Waals surface area contributed by atoms with E-state index in [0.717, 1.165) is 5.69 Å². The molecule has 2 heterocycles. The quantitative estimate of drug-likeness (QED) is 0.670. The van der Waals surface area contributed by atoms with Crippen LogP contribution < -0.4 is 10.6 Å². The maximum atomic E-state index is 11.6. The Morgan fingerprint density at radius 2 is 2.14 bits per heavy atom. The van der Waals surface area contributed by atoms with E-state index < -0.39 is 11.8 Å². The van der Waals surface area contributed by atoms with Crippen LogP contribution in [0.2, 0.25) is 0 Å². The van der Waals surface area contributed by atoms with E-state index in [2.05, 4.69) is 21.7 Å². The van der Waals surface area contributed by atoms with Gasteiger partial charge in [-0.15, -0.1) is 11.3 Å². The third-order valence-corrected chi connectivity index (χ3v) is 4.08. The Kier molecular flexibility index (Phi) is 3.45. The van der Waals surface area contributed by atoms with Crippen LogP contribution in [-0.2, 0) is 0 Å². The maximum absolute atomic E-state index is 11.6. The molecule has 0 saturated carbocycles. The molecule has 0 saturated heterocycles. The van der Waals surface area contributed by atoms with Gasteiger partial charge in [0.15, 0.2) is 0 Å². The molecular weight excluding hydrogens is 300 g/mol. The number of aryl methyl sites for hydroxylation is 1. The Morgan fingerprint density at radius 1 is 1.36 bits per heavy atom. The molecule has 0 spiro atoms. The van der Waals surface area contributed by atoms with Crippen LogP contribution in [0, 0.1) is 18.3 Å². The fourth-order valence-corrected chi connectivity index (χ4v) is 2.80. The lowest BCUT2D eigenvalue weighted by molar-refractivity contribution is 0.0879. The van der Waals surface area contributed by atoms with Gasteiger partial charge >= 0.3 is 0 Å². The van der Waals surface area contributed by atoms with Crippen molar-refractivity contribution in [2.24, 2.45) is 0 Å². The lowest BCUT2D eigenvalue weighted by atomic mass is 10.1. The molecule has 2 N–H and O–H groups in total. The van der Waals surface area contributed by atoms with Gasteiger partial charge in [-0.05, 0) is 25.1 Å². The molecule has 0 atom stereocenters. The van der Waals surface area contributed by atoms with Crippen LogP contribution in [0.15, 0.2) is 29.8 Å². The van der Waals surface area contributed by atoms with E-state index in [1.165, 1.54) is 17.5 Å². The largest absolute Gasteiger partial charge is 0.360 e. The van der Waals surface area contributed by atoms with Gasteiger partial charge in [0, 0.05) is 23.0 Å². The number of amides is 2. The van der Waals surface area contributed by atoms with E-state index in [4.69, 9.17) is 0 Å². The highest BCUT2D eigenvalue weighted by atomic mass is 32.1. The Hall–Kier alpha value is -2.98. The van der Waals surface area contributed by atoms with E-state index in [-0.39, 0.29) is 0 Å². The summed E-state index contributed by atoms with van der Waals surface area (Å²) in [5.74, 6) is -0.804. The Morgan fingerprint density at radius 3 is 2.82 bits per heavy atom. The van der Waals surface area contributed by atoms with Crippen molar-refractivity contribution in [1.29, 1.82) is 5.26 Å². The third kappa shape index (κ3) is 2.47. The van der Waals surface area contributed by atoms with Crippen LogP contribution in [-0.4, -0.2) is 16.8 Å². The summed E-state index contributed by atoms with van der Waals surface area (Å²) in [6, 6.07) is 6.91. The summed E-state index contributed by atoms with van der Waals surface area (Å²) in [6.07, 6.45) is 1.54. The minimum Gasteiger partial charge on any atom is -0.360 e. The predicted molar refractivity (Wildman–Crippen MR) is 82.3 cm³/mol. The number of allylic oxidation sites excluding steroid dienone is 1. The molecule has 2 amide bonds. The molecule has 0 unspecified atom stereocenters. The lowest BCUT2D eigenvalue weighted by Gasteiger charge is -2.03. The van der Waals surface area contributed by atoms with Gasteiger partial charge in [-0.2, -0.15) is 5.26 Å². The molecule has 1 aromatic carbocycles. The predicted octanol–water partition coefficient (Wildman–Crippen LogP) is 2.31. The van der Waals surface area contributed by atoms with Crippen molar-refractivity contribution in [1.82, 2.24) is 10.3 Å². The fourth-order valence-electron chi connectivity index (χ4n) is 2.03. The number of hydrogen-bond acceptors (Lipinski definition) is 6. The molecule has 1 aliphatic rings. The van der Waals surface area contributed by atoms with Crippen molar-refractivity contribution in [3.63, 3.8) is 0 Å². The molecule has 3 rings (SSSR count). The first-order valence-electron chi connectivity index (χ1n) is 6.37. The van der Waals surface area contributed by atoms with Crippen molar-refractivity contribution in [3.05, 3.63) is 51.6 Å². The number of carbonyl (C=O) groups is 2. The first-order chi connectivity index (χ1) is 10.6. The summed E-state index contributed by atoms with van der Waals surface area (Å²) in [6.45, 7) is 1.86. The Labute approximate surface area is 130 Å². The molecule has 6 nitrogen and oxygen atoms in total. The van der Waals surface area contributed by atoms with Crippen LogP contribution in [0.1, 0.15) is 31.4 Å². The number of carbonyl (C=O) groups excluding carboxylic acids is 2. The van der Waals surface area contributed by atoms with Crippen molar-refractivity contribution in [3.8, 4) is 6.07 Å². The van der Waals surface area contributed by atoms with Crippen molar-refractivity contribution in [2.45, 2.75) is 6.92 Å². The number of anilines is 1. The third-order valence-electron chi connectivity index (χ3n) is 3.09. The zero-order valence-electron chi connectivity index (χ0n) is 11.5. The van der Waals surface area contributed by atoms with Gasteiger partial charge in [0.1, 0.15) is 16.6 Å². The van der Waals surface area contributed by atoms with Gasteiger partial charge < -0.3 is 5.32 Å². The summed E-state index contributed by atoms with van der Waals surface area (Å²) >= 11 is 1.39. The minimum atomic E-state index is -0.413. The number of imide groups is 1. The number of hydrogen-bond donors (Lipinski definition) is 2. The summed E-state index contributed by atoms with van der Waals surface area (Å²) < 4.78 is 0. The molecule has 0 radical (unpaired) electrons. The Bertz CT molecular complexity index is 861.